The van der Waals surface area contributed by atoms with Crippen molar-refractivity contribution < 1.29 is 39.5 Å². The minimum atomic E-state index is -5.55. The monoisotopic (exact) mass is 332 g/mol. The third kappa shape index (κ3) is 6.78. The number of hydrogen-bond acceptors (Lipinski definition) is 0. The van der Waals surface area contributed by atoms with Crippen LogP contribution in [0.4, 0.5) is 39.5 Å². The molecule has 0 radical (unpaired) electrons. The number of alkyl halides is 9. The average molecular weight is 332 g/mol. The van der Waals surface area contributed by atoms with Crippen molar-refractivity contribution >= 4 is 0 Å². The van der Waals surface area contributed by atoms with E-state index in [1.807, 2.05) is 0 Å². The third-order valence-corrected chi connectivity index (χ3v) is 3.12. The SMILES string of the molecule is CCCCC(F)(F)CC(CC(C)(F)C(F)(F)F)C(F)(F)F. The molecule has 0 aliphatic rings. The van der Waals surface area contributed by atoms with Crippen LogP contribution in [0.15, 0.2) is 0 Å². The fourth-order valence-electron chi connectivity index (χ4n) is 1.78. The van der Waals surface area contributed by atoms with Gasteiger partial charge >= 0.3 is 12.4 Å². The minimum absolute atomic E-state index is 0.0657. The Morgan fingerprint density at radius 3 is 1.62 bits per heavy atom. The molecule has 0 aromatic heterocycles. The van der Waals surface area contributed by atoms with Crippen molar-refractivity contribution in [2.24, 2.45) is 5.92 Å². The summed E-state index contributed by atoms with van der Waals surface area (Å²) < 4.78 is 115. The van der Waals surface area contributed by atoms with Crippen molar-refractivity contribution in [3.63, 3.8) is 0 Å². The molecule has 0 amide bonds. The summed E-state index contributed by atoms with van der Waals surface area (Å²) >= 11 is 0. The van der Waals surface area contributed by atoms with Crippen LogP contribution in [0.2, 0.25) is 0 Å². The van der Waals surface area contributed by atoms with E-state index in [-0.39, 0.29) is 13.3 Å². The molecule has 128 valence electrons. The molecule has 21 heavy (non-hydrogen) atoms. The van der Waals surface area contributed by atoms with E-state index in [1.165, 1.54) is 0 Å². The molecular weight excluding hydrogens is 315 g/mol. The second-order valence-electron chi connectivity index (χ2n) is 5.30. The molecule has 0 spiro atoms. The first kappa shape index (κ1) is 20.4. The van der Waals surface area contributed by atoms with E-state index in [9.17, 15) is 39.5 Å². The zero-order valence-electron chi connectivity index (χ0n) is 11.5. The molecule has 0 N–H and O–H groups in total. The molecule has 0 heterocycles. The molecule has 0 rings (SSSR count). The van der Waals surface area contributed by atoms with Crippen molar-refractivity contribution in [2.75, 3.05) is 0 Å². The van der Waals surface area contributed by atoms with Gasteiger partial charge in [-0.1, -0.05) is 13.3 Å². The van der Waals surface area contributed by atoms with Gasteiger partial charge in [0.05, 0.1) is 5.92 Å². The first-order valence-electron chi connectivity index (χ1n) is 6.32. The second-order valence-corrected chi connectivity index (χ2v) is 5.30. The van der Waals surface area contributed by atoms with Gasteiger partial charge in [-0.05, 0) is 13.3 Å². The van der Waals surface area contributed by atoms with Crippen LogP contribution in [-0.4, -0.2) is 23.9 Å². The second kappa shape index (κ2) is 6.64. The van der Waals surface area contributed by atoms with Gasteiger partial charge in [0.2, 0.25) is 11.6 Å². The van der Waals surface area contributed by atoms with Crippen molar-refractivity contribution in [1.82, 2.24) is 0 Å². The molecule has 9 heteroatoms. The number of unbranched alkanes of at least 4 members (excludes halogenated alkanes) is 1. The van der Waals surface area contributed by atoms with E-state index in [0.29, 0.717) is 6.42 Å². The highest BCUT2D eigenvalue weighted by atomic mass is 19.4. The molecule has 2 unspecified atom stereocenters. The Morgan fingerprint density at radius 2 is 1.29 bits per heavy atom. The van der Waals surface area contributed by atoms with Gasteiger partial charge in [-0.3, -0.25) is 0 Å². The lowest BCUT2D eigenvalue weighted by Gasteiger charge is -2.31. The maximum absolute atomic E-state index is 13.4. The molecule has 0 aromatic carbocycles. The maximum atomic E-state index is 13.4. The summed E-state index contributed by atoms with van der Waals surface area (Å²) in [5.41, 5.74) is -4.17. The van der Waals surface area contributed by atoms with Crippen LogP contribution in [0.1, 0.15) is 46.0 Å². The highest BCUT2D eigenvalue weighted by Gasteiger charge is 2.57. The highest BCUT2D eigenvalue weighted by molar-refractivity contribution is 4.89. The first-order valence-corrected chi connectivity index (χ1v) is 6.32. The average Bonchev–Trinajstić information content (AvgIpc) is 2.22. The summed E-state index contributed by atoms with van der Waals surface area (Å²) in [6.45, 7) is 1.47. The molecule has 0 aliphatic heterocycles. The molecule has 0 bridgehead atoms. The van der Waals surface area contributed by atoms with Crippen LogP contribution < -0.4 is 0 Å². The third-order valence-electron chi connectivity index (χ3n) is 3.12. The van der Waals surface area contributed by atoms with Crippen molar-refractivity contribution in [3.8, 4) is 0 Å². The summed E-state index contributed by atoms with van der Waals surface area (Å²) in [5, 5.41) is 0. The Labute approximate surface area is 116 Å². The topological polar surface area (TPSA) is 0 Å². The predicted molar refractivity (Wildman–Crippen MR) is 58.8 cm³/mol. The number of rotatable bonds is 7. The number of halogens is 9. The molecule has 0 aromatic rings. The Hall–Kier alpha value is -0.630. The molecule has 0 saturated heterocycles. The van der Waals surface area contributed by atoms with Crippen LogP contribution in [-0.2, 0) is 0 Å². The molecular formula is C12H17F9. The molecule has 0 fully saturated rings. The standard InChI is InChI=1S/C12H17F9/c1-3-4-5-10(14,15)7-8(11(16,17)18)6-9(2,13)12(19,20)21/h8H,3-7H2,1-2H3. The fraction of sp³-hybridized carbons (Fsp3) is 1.00. The minimum Gasteiger partial charge on any atom is -0.234 e. The lowest BCUT2D eigenvalue weighted by atomic mass is 9.87. The summed E-state index contributed by atoms with van der Waals surface area (Å²) in [6, 6.07) is 0. The van der Waals surface area contributed by atoms with Gasteiger partial charge < -0.3 is 0 Å². The van der Waals surface area contributed by atoms with Crippen molar-refractivity contribution in [3.05, 3.63) is 0 Å². The Balaban J connectivity index is 5.09. The van der Waals surface area contributed by atoms with Crippen molar-refractivity contribution in [1.29, 1.82) is 0 Å². The van der Waals surface area contributed by atoms with E-state index < -0.39 is 49.1 Å². The molecule has 0 aliphatic carbocycles. The largest absolute Gasteiger partial charge is 0.422 e. The van der Waals surface area contributed by atoms with Gasteiger partial charge in [-0.15, -0.1) is 0 Å². The smallest absolute Gasteiger partial charge is 0.234 e. The van der Waals surface area contributed by atoms with Gasteiger partial charge in [0, 0.05) is 19.3 Å². The van der Waals surface area contributed by atoms with Crippen LogP contribution in [0, 0.1) is 5.92 Å². The van der Waals surface area contributed by atoms with Crippen LogP contribution in [0.5, 0.6) is 0 Å². The summed E-state index contributed by atoms with van der Waals surface area (Å²) in [5.74, 6) is -6.83. The molecule has 2 atom stereocenters. The molecule has 0 nitrogen and oxygen atoms in total. The van der Waals surface area contributed by atoms with Gasteiger partial charge in [-0.2, -0.15) is 26.3 Å². The van der Waals surface area contributed by atoms with E-state index in [0.717, 1.165) is 0 Å². The summed E-state index contributed by atoms with van der Waals surface area (Å²) in [7, 11) is 0. The predicted octanol–water partition coefficient (Wildman–Crippen LogP) is 6.06. The Morgan fingerprint density at radius 1 is 0.810 bits per heavy atom. The van der Waals surface area contributed by atoms with E-state index in [2.05, 4.69) is 0 Å². The normalized spacial score (nSPS) is 18.4. The maximum Gasteiger partial charge on any atom is 0.422 e. The first-order chi connectivity index (χ1) is 9.12. The van der Waals surface area contributed by atoms with E-state index in [1.54, 1.807) is 6.92 Å². The quantitative estimate of drug-likeness (QED) is 0.497. The van der Waals surface area contributed by atoms with Gasteiger partial charge in [0.25, 0.3) is 0 Å². The Bertz CT molecular complexity index is 314. The highest BCUT2D eigenvalue weighted by Crippen LogP contribution is 2.46. The summed E-state index contributed by atoms with van der Waals surface area (Å²) in [4.78, 5) is 0. The lowest BCUT2D eigenvalue weighted by Crippen LogP contribution is -2.43. The van der Waals surface area contributed by atoms with Crippen LogP contribution >= 0.6 is 0 Å². The molecule has 0 saturated carbocycles. The van der Waals surface area contributed by atoms with Crippen molar-refractivity contribution in [2.45, 2.75) is 69.9 Å². The van der Waals surface area contributed by atoms with Crippen LogP contribution in [0.3, 0.4) is 0 Å². The van der Waals surface area contributed by atoms with Gasteiger partial charge in [0.15, 0.2) is 0 Å². The Kier molecular flexibility index (Phi) is 6.44. The summed E-state index contributed by atoms with van der Waals surface area (Å²) in [6.07, 6.45) is -15.4. The lowest BCUT2D eigenvalue weighted by molar-refractivity contribution is -0.254. The van der Waals surface area contributed by atoms with E-state index >= 15 is 0 Å². The van der Waals surface area contributed by atoms with E-state index in [4.69, 9.17) is 0 Å². The number of hydrogen-bond donors (Lipinski definition) is 0. The zero-order chi connectivity index (χ0) is 17.1. The van der Waals surface area contributed by atoms with Gasteiger partial charge in [-0.25, -0.2) is 13.2 Å². The van der Waals surface area contributed by atoms with Gasteiger partial charge in [0.1, 0.15) is 0 Å². The van der Waals surface area contributed by atoms with Crippen LogP contribution in [0.25, 0.3) is 0 Å². The fourth-order valence-corrected chi connectivity index (χ4v) is 1.78. The zero-order valence-corrected chi connectivity index (χ0v) is 11.5.